The van der Waals surface area contributed by atoms with Gasteiger partial charge in [-0.2, -0.15) is 0 Å². The van der Waals surface area contributed by atoms with Crippen molar-refractivity contribution < 1.29 is 14.7 Å². The first-order valence-corrected chi connectivity index (χ1v) is 7.25. The maximum Gasteiger partial charge on any atom is 0.326 e. The summed E-state index contributed by atoms with van der Waals surface area (Å²) in [7, 11) is 0. The van der Waals surface area contributed by atoms with E-state index >= 15 is 0 Å². The molecular weight excluding hydrogens is 244 g/mol. The van der Waals surface area contributed by atoms with Gasteiger partial charge in [0.1, 0.15) is 6.04 Å². The van der Waals surface area contributed by atoms with Crippen LogP contribution >= 0.6 is 0 Å². The topological polar surface area (TPSA) is 60.9 Å². The second kappa shape index (κ2) is 5.39. The molecule has 19 heavy (non-hydrogen) atoms. The van der Waals surface area contributed by atoms with Gasteiger partial charge in [0.05, 0.1) is 0 Å². The minimum absolute atomic E-state index is 0.0805. The van der Waals surface area contributed by atoms with Crippen LogP contribution in [0.5, 0.6) is 0 Å². The molecule has 2 fully saturated rings. The number of carbonyl (C=O) groups is 2. The van der Waals surface area contributed by atoms with Crippen LogP contribution in [0, 0.1) is 5.41 Å². The predicted octanol–water partition coefficient (Wildman–Crippen LogP) is 2.17. The molecule has 5 heteroatoms. The lowest BCUT2D eigenvalue weighted by Crippen LogP contribution is -2.51. The van der Waals surface area contributed by atoms with Crippen LogP contribution in [-0.4, -0.2) is 52.6 Å². The molecule has 108 valence electrons. The molecule has 2 heterocycles. The van der Waals surface area contributed by atoms with Crippen LogP contribution < -0.4 is 0 Å². The molecule has 0 aliphatic carbocycles. The summed E-state index contributed by atoms with van der Waals surface area (Å²) in [4.78, 5) is 26.9. The Hall–Kier alpha value is -1.26. The fraction of sp³-hybridized carbons (Fsp3) is 0.857. The smallest absolute Gasteiger partial charge is 0.326 e. The number of hydrogen-bond donors (Lipinski definition) is 1. The van der Waals surface area contributed by atoms with Crippen molar-refractivity contribution in [3.05, 3.63) is 0 Å². The van der Waals surface area contributed by atoms with E-state index < -0.39 is 12.0 Å². The minimum atomic E-state index is -0.874. The maximum absolute atomic E-state index is 12.4. The maximum atomic E-state index is 12.4. The molecule has 5 nitrogen and oxygen atoms in total. The van der Waals surface area contributed by atoms with E-state index in [1.54, 1.807) is 0 Å². The molecule has 2 amide bonds. The lowest BCUT2D eigenvalue weighted by Gasteiger charge is -2.40. The Balaban J connectivity index is 1.96. The number of carboxylic acid groups (broad SMARTS) is 1. The number of nitrogens with zero attached hydrogens (tertiary/aromatic N) is 2. The monoisotopic (exact) mass is 268 g/mol. The summed E-state index contributed by atoms with van der Waals surface area (Å²) < 4.78 is 0. The molecule has 2 saturated heterocycles. The van der Waals surface area contributed by atoms with Gasteiger partial charge in [-0.3, -0.25) is 0 Å². The summed E-state index contributed by atoms with van der Waals surface area (Å²) in [6.45, 7) is 6.55. The summed E-state index contributed by atoms with van der Waals surface area (Å²) in [5, 5.41) is 9.14. The van der Waals surface area contributed by atoms with E-state index in [-0.39, 0.29) is 6.03 Å². The molecule has 0 aromatic carbocycles. The quantitative estimate of drug-likeness (QED) is 0.835. The summed E-state index contributed by atoms with van der Waals surface area (Å²) in [6.07, 6.45) is 4.54. The first-order valence-electron chi connectivity index (χ1n) is 7.25. The fourth-order valence-electron chi connectivity index (χ4n) is 3.03. The summed E-state index contributed by atoms with van der Waals surface area (Å²) in [6, 6.07) is -0.699. The van der Waals surface area contributed by atoms with Crippen LogP contribution in [0.1, 0.15) is 46.0 Å². The lowest BCUT2D eigenvalue weighted by atomic mass is 9.78. The van der Waals surface area contributed by atoms with Crippen molar-refractivity contribution in [2.24, 2.45) is 5.41 Å². The van der Waals surface area contributed by atoms with Gasteiger partial charge in [-0.1, -0.05) is 20.3 Å². The van der Waals surface area contributed by atoms with E-state index in [1.807, 2.05) is 4.90 Å². The van der Waals surface area contributed by atoms with Gasteiger partial charge in [0, 0.05) is 19.6 Å². The highest BCUT2D eigenvalue weighted by Gasteiger charge is 2.38. The SMILES string of the molecule is CCC1(C)CCN(C(=O)N2CCC[C@H]2C(=O)O)CC1. The Labute approximate surface area is 114 Å². The zero-order chi connectivity index (χ0) is 14.0. The van der Waals surface area contributed by atoms with E-state index in [1.165, 1.54) is 4.90 Å². The molecule has 0 aromatic rings. The first kappa shape index (κ1) is 14.2. The highest BCUT2D eigenvalue weighted by molar-refractivity contribution is 5.83. The Kier molecular flexibility index (Phi) is 4.02. The van der Waals surface area contributed by atoms with Crippen LogP contribution in [0.2, 0.25) is 0 Å². The zero-order valence-electron chi connectivity index (χ0n) is 11.9. The highest BCUT2D eigenvalue weighted by atomic mass is 16.4. The molecule has 1 N–H and O–H groups in total. The average Bonchev–Trinajstić information content (AvgIpc) is 2.88. The van der Waals surface area contributed by atoms with Gasteiger partial charge in [0.25, 0.3) is 0 Å². The average molecular weight is 268 g/mol. The lowest BCUT2D eigenvalue weighted by molar-refractivity contribution is -0.141. The number of urea groups is 1. The molecule has 0 radical (unpaired) electrons. The standard InChI is InChI=1S/C14H24N2O3/c1-3-14(2)6-9-15(10-7-14)13(19)16-8-4-5-11(16)12(17)18/h11H,3-10H2,1-2H3,(H,17,18)/t11-/m0/s1. The summed E-state index contributed by atoms with van der Waals surface area (Å²) in [5.74, 6) is -0.874. The number of likely N-dealkylation sites (tertiary alicyclic amines) is 2. The number of hydrogen-bond acceptors (Lipinski definition) is 2. The second-order valence-corrected chi connectivity index (χ2v) is 6.12. The molecule has 0 spiro atoms. The Morgan fingerprint density at radius 2 is 1.89 bits per heavy atom. The van der Waals surface area contributed by atoms with Crippen molar-refractivity contribution in [1.29, 1.82) is 0 Å². The molecule has 1 atom stereocenters. The third-order valence-corrected chi connectivity index (χ3v) is 4.88. The number of carboxylic acids is 1. The zero-order valence-corrected chi connectivity index (χ0v) is 11.9. The third kappa shape index (κ3) is 2.85. The minimum Gasteiger partial charge on any atom is -0.480 e. The van der Waals surface area contributed by atoms with Crippen LogP contribution in [0.15, 0.2) is 0 Å². The molecule has 2 rings (SSSR count). The summed E-state index contributed by atoms with van der Waals surface area (Å²) >= 11 is 0. The van der Waals surface area contributed by atoms with Gasteiger partial charge in [-0.15, -0.1) is 0 Å². The van der Waals surface area contributed by atoms with Crippen molar-refractivity contribution in [3.63, 3.8) is 0 Å². The number of rotatable bonds is 2. The summed E-state index contributed by atoms with van der Waals surface area (Å²) in [5.41, 5.74) is 0.341. The first-order chi connectivity index (χ1) is 8.97. The van der Waals surface area contributed by atoms with Crippen molar-refractivity contribution >= 4 is 12.0 Å². The molecular formula is C14H24N2O3. The van der Waals surface area contributed by atoms with E-state index in [9.17, 15) is 9.59 Å². The van der Waals surface area contributed by atoms with Crippen LogP contribution in [0.4, 0.5) is 4.79 Å². The van der Waals surface area contributed by atoms with Gasteiger partial charge < -0.3 is 14.9 Å². The Morgan fingerprint density at radius 3 is 2.42 bits per heavy atom. The van der Waals surface area contributed by atoms with E-state index in [4.69, 9.17) is 5.11 Å². The number of amides is 2. The van der Waals surface area contributed by atoms with Crippen molar-refractivity contribution in [3.8, 4) is 0 Å². The molecule has 2 aliphatic rings. The van der Waals surface area contributed by atoms with Gasteiger partial charge in [0.15, 0.2) is 0 Å². The Bertz CT molecular complexity index is 362. The Morgan fingerprint density at radius 1 is 1.26 bits per heavy atom. The van der Waals surface area contributed by atoms with E-state index in [0.717, 1.165) is 38.8 Å². The number of piperidine rings is 1. The van der Waals surface area contributed by atoms with Crippen LogP contribution in [0.25, 0.3) is 0 Å². The van der Waals surface area contributed by atoms with Crippen molar-refractivity contribution in [2.45, 2.75) is 52.0 Å². The molecule has 2 aliphatic heterocycles. The van der Waals surface area contributed by atoms with Crippen LogP contribution in [-0.2, 0) is 4.79 Å². The van der Waals surface area contributed by atoms with E-state index in [0.29, 0.717) is 18.4 Å². The normalized spacial score (nSPS) is 26.5. The van der Waals surface area contributed by atoms with Crippen molar-refractivity contribution in [2.75, 3.05) is 19.6 Å². The highest BCUT2D eigenvalue weighted by Crippen LogP contribution is 2.34. The third-order valence-electron chi connectivity index (χ3n) is 4.88. The van der Waals surface area contributed by atoms with E-state index in [2.05, 4.69) is 13.8 Å². The van der Waals surface area contributed by atoms with Gasteiger partial charge in [-0.05, 0) is 31.1 Å². The molecule has 0 aromatic heterocycles. The van der Waals surface area contributed by atoms with Crippen LogP contribution in [0.3, 0.4) is 0 Å². The van der Waals surface area contributed by atoms with Gasteiger partial charge in [-0.25, -0.2) is 9.59 Å². The van der Waals surface area contributed by atoms with Crippen molar-refractivity contribution in [1.82, 2.24) is 9.80 Å². The molecule has 0 bridgehead atoms. The predicted molar refractivity (Wildman–Crippen MR) is 72.0 cm³/mol. The number of carbonyl (C=O) groups excluding carboxylic acids is 1. The number of aliphatic carboxylic acids is 1. The fourth-order valence-corrected chi connectivity index (χ4v) is 3.03. The largest absolute Gasteiger partial charge is 0.480 e. The second-order valence-electron chi connectivity index (χ2n) is 6.12. The molecule has 0 unspecified atom stereocenters. The molecule has 0 saturated carbocycles. The van der Waals surface area contributed by atoms with Gasteiger partial charge in [0.2, 0.25) is 0 Å². The van der Waals surface area contributed by atoms with Gasteiger partial charge >= 0.3 is 12.0 Å².